The molecule has 0 aliphatic carbocycles. The van der Waals surface area contributed by atoms with Crippen LogP contribution in [0.1, 0.15) is 11.1 Å². The second kappa shape index (κ2) is 6.67. The zero-order chi connectivity index (χ0) is 16.1. The summed E-state index contributed by atoms with van der Waals surface area (Å²) in [5.41, 5.74) is 0.121. The van der Waals surface area contributed by atoms with Crippen molar-refractivity contribution in [2.45, 2.75) is 0 Å². The fraction of sp³-hybridized carbons (Fsp3) is 0. The van der Waals surface area contributed by atoms with Gasteiger partial charge in [0.05, 0.1) is 0 Å². The van der Waals surface area contributed by atoms with E-state index in [-0.39, 0.29) is 22.6 Å². The predicted molar refractivity (Wildman–Crippen MR) is 79.2 cm³/mol. The summed E-state index contributed by atoms with van der Waals surface area (Å²) in [5.74, 6) is -1.89. The maximum atomic E-state index is 13.4. The van der Waals surface area contributed by atoms with Gasteiger partial charge in [-0.05, 0) is 60.7 Å². The Morgan fingerprint density at radius 1 is 0.818 bits per heavy atom. The average molecular weight is 302 g/mol. The van der Waals surface area contributed by atoms with Crippen molar-refractivity contribution < 1.29 is 23.8 Å². The molecular weight excluding hydrogens is 290 g/mol. The Balaban J connectivity index is 2.12. The lowest BCUT2D eigenvalue weighted by Gasteiger charge is -1.98. The molecule has 22 heavy (non-hydrogen) atoms. The molecule has 0 heterocycles. The first kappa shape index (κ1) is 15.4. The van der Waals surface area contributed by atoms with Crippen LogP contribution in [-0.4, -0.2) is 16.0 Å². The van der Waals surface area contributed by atoms with Crippen molar-refractivity contribution in [3.05, 3.63) is 71.3 Å². The molecule has 0 aliphatic heterocycles. The molecule has 0 radical (unpaired) electrons. The molecular formula is C17H12F2O3. The highest BCUT2D eigenvalue weighted by Gasteiger charge is 2.02. The number of allylic oxidation sites excluding steroid dienone is 2. The zero-order valence-corrected chi connectivity index (χ0v) is 11.3. The number of carbonyl (C=O) groups excluding carboxylic acids is 1. The summed E-state index contributed by atoms with van der Waals surface area (Å²) in [6.07, 6.45) is 4.60. The molecule has 0 fully saturated rings. The molecule has 2 rings (SSSR count). The molecule has 0 atom stereocenters. The van der Waals surface area contributed by atoms with Gasteiger partial charge in [-0.15, -0.1) is 0 Å². The van der Waals surface area contributed by atoms with E-state index in [2.05, 4.69) is 0 Å². The van der Waals surface area contributed by atoms with E-state index >= 15 is 0 Å². The Labute approximate surface area is 125 Å². The maximum Gasteiger partial charge on any atom is 0.178 e. The minimum absolute atomic E-state index is 0.0605. The largest absolute Gasteiger partial charge is 0.508 e. The number of hydrogen-bond donors (Lipinski definition) is 2. The molecule has 2 N–H and O–H groups in total. The predicted octanol–water partition coefficient (Wildman–Crippen LogP) is 3.67. The zero-order valence-electron chi connectivity index (χ0n) is 11.3. The van der Waals surface area contributed by atoms with Gasteiger partial charge in [-0.1, -0.05) is 0 Å². The van der Waals surface area contributed by atoms with Crippen molar-refractivity contribution in [1.82, 2.24) is 0 Å². The van der Waals surface area contributed by atoms with Crippen LogP contribution in [0.25, 0.3) is 12.2 Å². The van der Waals surface area contributed by atoms with Crippen LogP contribution < -0.4 is 0 Å². The van der Waals surface area contributed by atoms with Gasteiger partial charge in [0, 0.05) is 11.1 Å². The summed E-state index contributed by atoms with van der Waals surface area (Å²) in [6, 6.07) is 6.91. The number of phenols is 2. The Morgan fingerprint density at radius 2 is 1.23 bits per heavy atom. The number of hydrogen-bond acceptors (Lipinski definition) is 3. The lowest BCUT2D eigenvalue weighted by molar-refractivity contribution is -0.110. The molecule has 112 valence electrons. The van der Waals surface area contributed by atoms with Gasteiger partial charge >= 0.3 is 0 Å². The van der Waals surface area contributed by atoms with Crippen LogP contribution in [0.5, 0.6) is 11.5 Å². The van der Waals surface area contributed by atoms with E-state index < -0.39 is 17.4 Å². The second-order valence-electron chi connectivity index (χ2n) is 4.48. The molecule has 0 amide bonds. The molecule has 0 saturated carbocycles. The van der Waals surface area contributed by atoms with Gasteiger partial charge in [0.2, 0.25) is 0 Å². The topological polar surface area (TPSA) is 57.5 Å². The van der Waals surface area contributed by atoms with Gasteiger partial charge in [0.15, 0.2) is 5.78 Å². The highest BCUT2D eigenvalue weighted by molar-refractivity contribution is 6.04. The van der Waals surface area contributed by atoms with Crippen LogP contribution in [0.2, 0.25) is 0 Å². The van der Waals surface area contributed by atoms with Crippen molar-refractivity contribution in [3.63, 3.8) is 0 Å². The third kappa shape index (κ3) is 4.02. The van der Waals surface area contributed by atoms with E-state index in [1.54, 1.807) is 0 Å². The van der Waals surface area contributed by atoms with E-state index in [4.69, 9.17) is 0 Å². The molecule has 0 aliphatic rings. The van der Waals surface area contributed by atoms with Gasteiger partial charge in [0.1, 0.15) is 23.1 Å². The van der Waals surface area contributed by atoms with Crippen molar-refractivity contribution >= 4 is 17.9 Å². The summed E-state index contributed by atoms with van der Waals surface area (Å²) in [6.45, 7) is 0. The Hall–Kier alpha value is -2.95. The number of halogens is 2. The van der Waals surface area contributed by atoms with Gasteiger partial charge < -0.3 is 10.2 Å². The van der Waals surface area contributed by atoms with Gasteiger partial charge in [-0.3, -0.25) is 4.79 Å². The summed E-state index contributed by atoms with van der Waals surface area (Å²) in [5, 5.41) is 18.5. The maximum absolute atomic E-state index is 13.4. The van der Waals surface area contributed by atoms with Gasteiger partial charge in [-0.25, -0.2) is 8.78 Å². The third-order valence-electron chi connectivity index (χ3n) is 2.81. The fourth-order valence-corrected chi connectivity index (χ4v) is 1.72. The first-order valence-electron chi connectivity index (χ1n) is 6.33. The van der Waals surface area contributed by atoms with Crippen LogP contribution in [0, 0.1) is 11.6 Å². The molecule has 2 aromatic rings. The Bertz CT molecular complexity index is 701. The normalized spacial score (nSPS) is 11.4. The van der Waals surface area contributed by atoms with Crippen LogP contribution >= 0.6 is 0 Å². The van der Waals surface area contributed by atoms with E-state index in [9.17, 15) is 23.8 Å². The van der Waals surface area contributed by atoms with E-state index in [0.717, 1.165) is 24.3 Å². The SMILES string of the molecule is O=C(/C=C/c1cc(O)ccc1F)/C=C/c1cc(O)ccc1F. The first-order valence-corrected chi connectivity index (χ1v) is 6.33. The van der Waals surface area contributed by atoms with E-state index in [0.29, 0.717) is 0 Å². The molecule has 0 bridgehead atoms. The molecule has 2 aromatic carbocycles. The standard InChI is InChI=1S/C17H12F2O3/c18-16-7-5-14(21)9-11(16)1-3-13(20)4-2-12-10-15(22)6-8-17(12)19/h1-10,21-22H/b3-1+,4-2+. The van der Waals surface area contributed by atoms with Crippen molar-refractivity contribution in [3.8, 4) is 11.5 Å². The smallest absolute Gasteiger partial charge is 0.178 e. The molecule has 5 heteroatoms. The van der Waals surface area contributed by atoms with Crippen molar-refractivity contribution in [2.24, 2.45) is 0 Å². The summed E-state index contributed by atoms with van der Waals surface area (Å²) in [7, 11) is 0. The number of ketones is 1. The molecule has 0 saturated heterocycles. The Kier molecular flexibility index (Phi) is 4.68. The monoisotopic (exact) mass is 302 g/mol. The molecule has 0 unspecified atom stereocenters. The first-order chi connectivity index (χ1) is 10.5. The minimum atomic E-state index is -0.579. The Morgan fingerprint density at radius 3 is 1.64 bits per heavy atom. The summed E-state index contributed by atoms with van der Waals surface area (Å²) < 4.78 is 26.8. The number of aromatic hydroxyl groups is 2. The quantitative estimate of drug-likeness (QED) is 0.847. The number of rotatable bonds is 4. The number of benzene rings is 2. The third-order valence-corrected chi connectivity index (χ3v) is 2.81. The second-order valence-corrected chi connectivity index (χ2v) is 4.48. The van der Waals surface area contributed by atoms with Crippen LogP contribution in [0.3, 0.4) is 0 Å². The van der Waals surface area contributed by atoms with Crippen LogP contribution in [0.15, 0.2) is 48.6 Å². The number of carbonyl (C=O) groups is 1. The van der Waals surface area contributed by atoms with Crippen molar-refractivity contribution in [1.29, 1.82) is 0 Å². The molecule has 3 nitrogen and oxygen atoms in total. The fourth-order valence-electron chi connectivity index (χ4n) is 1.72. The summed E-state index contributed by atoms with van der Waals surface area (Å²) >= 11 is 0. The van der Waals surface area contributed by atoms with Crippen LogP contribution in [-0.2, 0) is 4.79 Å². The number of phenolic OH excluding ortho intramolecular Hbond substituents is 2. The highest BCUT2D eigenvalue weighted by atomic mass is 19.1. The van der Waals surface area contributed by atoms with Gasteiger partial charge in [0.25, 0.3) is 0 Å². The highest BCUT2D eigenvalue weighted by Crippen LogP contribution is 2.18. The van der Waals surface area contributed by atoms with Crippen molar-refractivity contribution in [2.75, 3.05) is 0 Å². The lowest BCUT2D eigenvalue weighted by atomic mass is 10.1. The molecule has 0 aromatic heterocycles. The van der Waals surface area contributed by atoms with E-state index in [1.165, 1.54) is 36.4 Å². The molecule has 0 spiro atoms. The summed E-state index contributed by atoms with van der Waals surface area (Å²) in [4.78, 5) is 11.6. The van der Waals surface area contributed by atoms with Gasteiger partial charge in [-0.2, -0.15) is 0 Å². The lowest BCUT2D eigenvalue weighted by Crippen LogP contribution is -1.88. The van der Waals surface area contributed by atoms with Crippen LogP contribution in [0.4, 0.5) is 8.78 Å². The average Bonchev–Trinajstić information content (AvgIpc) is 2.49. The minimum Gasteiger partial charge on any atom is -0.508 e. The van der Waals surface area contributed by atoms with E-state index in [1.807, 2.05) is 0 Å².